The van der Waals surface area contributed by atoms with Crippen molar-refractivity contribution in [2.45, 2.75) is 32.6 Å². The summed E-state index contributed by atoms with van der Waals surface area (Å²) in [6.07, 6.45) is 7.83. The molecule has 82 valence electrons. The molecule has 0 unspecified atom stereocenters. The molecule has 0 heterocycles. The zero-order valence-electron chi connectivity index (χ0n) is 9.07. The highest BCUT2D eigenvalue weighted by Crippen LogP contribution is 2.31. The van der Waals surface area contributed by atoms with Crippen LogP contribution in [0.4, 0.5) is 0 Å². The molecule has 15 heavy (non-hydrogen) atoms. The second-order valence-corrected chi connectivity index (χ2v) is 4.00. The SMILES string of the molecule is C=C(CC1CCC1)N=C/C=C(\C)C(=O)O. The Morgan fingerprint density at radius 1 is 1.60 bits per heavy atom. The van der Waals surface area contributed by atoms with Crippen LogP contribution in [0.1, 0.15) is 32.6 Å². The van der Waals surface area contributed by atoms with E-state index < -0.39 is 5.97 Å². The van der Waals surface area contributed by atoms with Crippen molar-refractivity contribution in [2.75, 3.05) is 0 Å². The Hall–Kier alpha value is -1.38. The summed E-state index contributed by atoms with van der Waals surface area (Å²) in [6, 6.07) is 0. The molecule has 0 amide bonds. The highest BCUT2D eigenvalue weighted by molar-refractivity contribution is 5.91. The second-order valence-electron chi connectivity index (χ2n) is 4.00. The van der Waals surface area contributed by atoms with Crippen LogP contribution in [0.3, 0.4) is 0 Å². The molecule has 1 rings (SSSR count). The number of aliphatic imine (C=N–C) groups is 1. The van der Waals surface area contributed by atoms with Gasteiger partial charge in [-0.25, -0.2) is 4.79 Å². The fraction of sp³-hybridized carbons (Fsp3) is 0.500. The van der Waals surface area contributed by atoms with E-state index in [9.17, 15) is 4.79 Å². The third-order valence-corrected chi connectivity index (χ3v) is 2.67. The first-order chi connectivity index (χ1) is 7.09. The van der Waals surface area contributed by atoms with Crippen molar-refractivity contribution in [2.24, 2.45) is 10.9 Å². The third kappa shape index (κ3) is 4.11. The molecule has 0 aromatic rings. The molecule has 0 atom stereocenters. The van der Waals surface area contributed by atoms with Crippen molar-refractivity contribution >= 4 is 12.2 Å². The van der Waals surface area contributed by atoms with Crippen molar-refractivity contribution in [3.63, 3.8) is 0 Å². The van der Waals surface area contributed by atoms with Crippen LogP contribution in [0.2, 0.25) is 0 Å². The van der Waals surface area contributed by atoms with Crippen LogP contribution >= 0.6 is 0 Å². The van der Waals surface area contributed by atoms with E-state index in [0.717, 1.165) is 18.0 Å². The first-order valence-corrected chi connectivity index (χ1v) is 5.21. The normalized spacial score (nSPS) is 17.8. The maximum absolute atomic E-state index is 10.5. The standard InChI is InChI=1S/C12H17NO2/c1-9(12(14)15)6-7-13-10(2)8-11-4-3-5-11/h6-7,11H,2-5,8H2,1H3,(H,14,15)/b9-6+,13-7?. The number of carbonyl (C=O) groups is 1. The van der Waals surface area contributed by atoms with Crippen LogP contribution in [0.5, 0.6) is 0 Å². The summed E-state index contributed by atoms with van der Waals surface area (Å²) in [7, 11) is 0. The van der Waals surface area contributed by atoms with Gasteiger partial charge in [0.25, 0.3) is 0 Å². The van der Waals surface area contributed by atoms with Gasteiger partial charge in [-0.1, -0.05) is 25.8 Å². The van der Waals surface area contributed by atoms with Gasteiger partial charge in [-0.3, -0.25) is 4.99 Å². The Labute approximate surface area is 90.2 Å². The van der Waals surface area contributed by atoms with Gasteiger partial charge < -0.3 is 5.11 Å². The van der Waals surface area contributed by atoms with Crippen molar-refractivity contribution < 1.29 is 9.90 Å². The molecule has 0 radical (unpaired) electrons. The van der Waals surface area contributed by atoms with Gasteiger partial charge >= 0.3 is 5.97 Å². The molecule has 0 saturated heterocycles. The van der Waals surface area contributed by atoms with Gasteiger partial charge in [0.15, 0.2) is 0 Å². The molecular weight excluding hydrogens is 190 g/mol. The van der Waals surface area contributed by atoms with Crippen molar-refractivity contribution in [1.82, 2.24) is 0 Å². The summed E-state index contributed by atoms with van der Waals surface area (Å²) in [5, 5.41) is 8.59. The molecular formula is C12H17NO2. The first kappa shape index (κ1) is 11.7. The van der Waals surface area contributed by atoms with E-state index >= 15 is 0 Å². The molecule has 0 spiro atoms. The number of rotatable bonds is 5. The van der Waals surface area contributed by atoms with Crippen LogP contribution in [0.15, 0.2) is 28.9 Å². The predicted molar refractivity (Wildman–Crippen MR) is 61.0 cm³/mol. The zero-order chi connectivity index (χ0) is 11.3. The predicted octanol–water partition coefficient (Wildman–Crippen LogP) is 2.79. The molecule has 0 bridgehead atoms. The minimum absolute atomic E-state index is 0.287. The van der Waals surface area contributed by atoms with E-state index in [1.807, 2.05) is 0 Å². The molecule has 1 N–H and O–H groups in total. The Morgan fingerprint density at radius 3 is 2.73 bits per heavy atom. The minimum atomic E-state index is -0.911. The lowest BCUT2D eigenvalue weighted by molar-refractivity contribution is -0.132. The largest absolute Gasteiger partial charge is 0.478 e. The fourth-order valence-corrected chi connectivity index (χ4v) is 1.41. The van der Waals surface area contributed by atoms with E-state index in [1.165, 1.54) is 31.6 Å². The minimum Gasteiger partial charge on any atom is -0.478 e. The summed E-state index contributed by atoms with van der Waals surface area (Å²) in [5.41, 5.74) is 1.13. The topological polar surface area (TPSA) is 49.7 Å². The molecule has 0 aromatic heterocycles. The number of allylic oxidation sites excluding steroid dienone is 2. The fourth-order valence-electron chi connectivity index (χ4n) is 1.41. The molecule has 3 heteroatoms. The Balaban J connectivity index is 2.33. The van der Waals surface area contributed by atoms with Gasteiger partial charge in [0.1, 0.15) is 0 Å². The summed E-state index contributed by atoms with van der Waals surface area (Å²) < 4.78 is 0. The van der Waals surface area contributed by atoms with Crippen molar-refractivity contribution in [3.05, 3.63) is 23.9 Å². The Bertz CT molecular complexity index is 312. The van der Waals surface area contributed by atoms with Crippen LogP contribution < -0.4 is 0 Å². The number of hydrogen-bond acceptors (Lipinski definition) is 2. The van der Waals surface area contributed by atoms with Gasteiger partial charge in [0.2, 0.25) is 0 Å². The highest BCUT2D eigenvalue weighted by atomic mass is 16.4. The molecule has 0 aromatic carbocycles. The summed E-state index contributed by atoms with van der Waals surface area (Å²) in [5.74, 6) is -0.162. The van der Waals surface area contributed by atoms with Crippen LogP contribution in [-0.2, 0) is 4.79 Å². The number of nitrogens with zero attached hydrogens (tertiary/aromatic N) is 1. The summed E-state index contributed by atoms with van der Waals surface area (Å²) in [6.45, 7) is 5.39. The molecule has 1 fully saturated rings. The number of aliphatic carboxylic acids is 1. The summed E-state index contributed by atoms with van der Waals surface area (Å²) in [4.78, 5) is 14.6. The smallest absolute Gasteiger partial charge is 0.331 e. The van der Waals surface area contributed by atoms with Crippen LogP contribution in [-0.4, -0.2) is 17.3 Å². The van der Waals surface area contributed by atoms with Gasteiger partial charge in [-0.2, -0.15) is 0 Å². The maximum atomic E-state index is 10.5. The summed E-state index contributed by atoms with van der Waals surface area (Å²) >= 11 is 0. The van der Waals surface area contributed by atoms with E-state index in [1.54, 1.807) is 6.92 Å². The molecule has 1 aliphatic rings. The average molecular weight is 207 g/mol. The van der Waals surface area contributed by atoms with E-state index in [4.69, 9.17) is 5.11 Å². The highest BCUT2D eigenvalue weighted by Gasteiger charge is 2.17. The van der Waals surface area contributed by atoms with Gasteiger partial charge in [0.05, 0.1) is 0 Å². The van der Waals surface area contributed by atoms with E-state index in [0.29, 0.717) is 0 Å². The van der Waals surface area contributed by atoms with Crippen molar-refractivity contribution in [3.8, 4) is 0 Å². The monoisotopic (exact) mass is 207 g/mol. The van der Waals surface area contributed by atoms with Crippen molar-refractivity contribution in [1.29, 1.82) is 0 Å². The lowest BCUT2D eigenvalue weighted by Gasteiger charge is -2.24. The molecule has 1 aliphatic carbocycles. The van der Waals surface area contributed by atoms with E-state index in [-0.39, 0.29) is 5.57 Å². The van der Waals surface area contributed by atoms with Gasteiger partial charge in [0, 0.05) is 17.5 Å². The quantitative estimate of drug-likeness (QED) is 0.556. The molecule has 1 saturated carbocycles. The lowest BCUT2D eigenvalue weighted by Crippen LogP contribution is -2.10. The first-order valence-electron chi connectivity index (χ1n) is 5.21. The van der Waals surface area contributed by atoms with E-state index in [2.05, 4.69) is 11.6 Å². The van der Waals surface area contributed by atoms with Gasteiger partial charge in [-0.05, 0) is 25.3 Å². The van der Waals surface area contributed by atoms with Crippen LogP contribution in [0.25, 0.3) is 0 Å². The molecule has 0 aliphatic heterocycles. The zero-order valence-corrected chi connectivity index (χ0v) is 9.07. The Kier molecular flexibility index (Phi) is 4.28. The maximum Gasteiger partial charge on any atom is 0.331 e. The van der Waals surface area contributed by atoms with Crippen LogP contribution in [0, 0.1) is 5.92 Å². The third-order valence-electron chi connectivity index (χ3n) is 2.67. The lowest BCUT2D eigenvalue weighted by atomic mass is 9.82. The average Bonchev–Trinajstić information content (AvgIpc) is 2.11. The van der Waals surface area contributed by atoms with Gasteiger partial charge in [-0.15, -0.1) is 0 Å². The Morgan fingerprint density at radius 2 is 2.27 bits per heavy atom. The second kappa shape index (κ2) is 5.49. The number of carboxylic acid groups (broad SMARTS) is 1. The number of carboxylic acids is 1. The number of hydrogen-bond donors (Lipinski definition) is 1. The molecule has 3 nitrogen and oxygen atoms in total.